The molecule has 0 amide bonds. The third kappa shape index (κ3) is 3.14. The van der Waals surface area contributed by atoms with Gasteiger partial charge in [0.1, 0.15) is 0 Å². The molecule has 1 aromatic heterocycles. The lowest BCUT2D eigenvalue weighted by atomic mass is 9.97. The van der Waals surface area contributed by atoms with E-state index in [-0.39, 0.29) is 0 Å². The predicted octanol–water partition coefficient (Wildman–Crippen LogP) is 5.94. The van der Waals surface area contributed by atoms with Crippen molar-refractivity contribution in [1.29, 1.82) is 0 Å². The third-order valence-electron chi connectivity index (χ3n) is 5.07. The fourth-order valence-corrected chi connectivity index (χ4v) is 3.80. The summed E-state index contributed by atoms with van der Waals surface area (Å²) in [5.74, 6) is 0.882. The molecule has 3 aromatic rings. The van der Waals surface area contributed by atoms with Gasteiger partial charge in [0.2, 0.25) is 0 Å². The highest BCUT2D eigenvalue weighted by molar-refractivity contribution is 5.82. The van der Waals surface area contributed by atoms with E-state index in [4.69, 9.17) is 4.98 Å². The molecule has 0 aliphatic heterocycles. The van der Waals surface area contributed by atoms with Gasteiger partial charge < -0.3 is 0 Å². The predicted molar refractivity (Wildman–Crippen MR) is 97.6 cm³/mol. The summed E-state index contributed by atoms with van der Waals surface area (Å²) >= 11 is 0. The van der Waals surface area contributed by atoms with E-state index in [0.717, 1.165) is 17.1 Å². The molecule has 1 nitrogen and oxygen atoms in total. The van der Waals surface area contributed by atoms with E-state index < -0.39 is 0 Å². The van der Waals surface area contributed by atoms with Crippen molar-refractivity contribution in [3.8, 4) is 11.3 Å². The van der Waals surface area contributed by atoms with Gasteiger partial charge in [-0.05, 0) is 43.0 Å². The highest BCUT2D eigenvalue weighted by Gasteiger charge is 2.15. The zero-order valence-corrected chi connectivity index (χ0v) is 13.8. The van der Waals surface area contributed by atoms with Crippen molar-refractivity contribution >= 4 is 10.9 Å². The zero-order valence-electron chi connectivity index (χ0n) is 13.8. The molecular formula is C22H23N. The normalized spacial score (nSPS) is 15.3. The molecule has 1 heterocycles. The largest absolute Gasteiger partial charge is 0.248 e. The Balaban J connectivity index is 1.68. The van der Waals surface area contributed by atoms with Gasteiger partial charge in [0.05, 0.1) is 11.2 Å². The van der Waals surface area contributed by atoms with Gasteiger partial charge in [-0.2, -0.15) is 0 Å². The summed E-state index contributed by atoms with van der Waals surface area (Å²) in [5, 5.41) is 1.23. The number of aryl methyl sites for hydroxylation is 1. The van der Waals surface area contributed by atoms with Crippen LogP contribution in [-0.4, -0.2) is 4.98 Å². The molecule has 2 aromatic carbocycles. The smallest absolute Gasteiger partial charge is 0.0712 e. The van der Waals surface area contributed by atoms with E-state index in [0.29, 0.717) is 0 Å². The number of hydrogen-bond donors (Lipinski definition) is 0. The summed E-state index contributed by atoms with van der Waals surface area (Å²) in [5.41, 5.74) is 6.12. The fourth-order valence-electron chi connectivity index (χ4n) is 3.80. The monoisotopic (exact) mass is 301 g/mol. The van der Waals surface area contributed by atoms with Crippen LogP contribution in [0.4, 0.5) is 0 Å². The summed E-state index contributed by atoms with van der Waals surface area (Å²) in [6.45, 7) is 2.13. The summed E-state index contributed by atoms with van der Waals surface area (Å²) < 4.78 is 0. The van der Waals surface area contributed by atoms with E-state index in [9.17, 15) is 0 Å². The fraction of sp³-hybridized carbons (Fsp3) is 0.318. The molecule has 0 saturated heterocycles. The van der Waals surface area contributed by atoms with Crippen molar-refractivity contribution in [3.63, 3.8) is 0 Å². The maximum atomic E-state index is 4.92. The van der Waals surface area contributed by atoms with Gasteiger partial charge in [-0.25, -0.2) is 4.98 Å². The molecule has 1 fully saturated rings. The molecule has 0 radical (unpaired) electrons. The first-order valence-electron chi connectivity index (χ1n) is 8.75. The molecule has 1 aliphatic carbocycles. The number of rotatable bonds is 3. The summed E-state index contributed by atoms with van der Waals surface area (Å²) in [4.78, 5) is 4.92. The first kappa shape index (κ1) is 14.4. The van der Waals surface area contributed by atoms with Crippen LogP contribution in [0.5, 0.6) is 0 Å². The summed E-state index contributed by atoms with van der Waals surface area (Å²) in [6, 6.07) is 19.7. The van der Waals surface area contributed by atoms with Crippen molar-refractivity contribution in [2.24, 2.45) is 5.92 Å². The highest BCUT2D eigenvalue weighted by Crippen LogP contribution is 2.29. The average Bonchev–Trinajstić information content (AvgIpc) is 3.07. The van der Waals surface area contributed by atoms with Crippen LogP contribution < -0.4 is 0 Å². The minimum atomic E-state index is 0.882. The zero-order chi connectivity index (χ0) is 15.6. The van der Waals surface area contributed by atoms with Crippen LogP contribution in [-0.2, 0) is 6.42 Å². The van der Waals surface area contributed by atoms with E-state index in [2.05, 4.69) is 61.5 Å². The number of benzene rings is 2. The summed E-state index contributed by atoms with van der Waals surface area (Å²) in [6.07, 6.45) is 6.83. The maximum Gasteiger partial charge on any atom is 0.0712 e. The molecule has 0 spiro atoms. The van der Waals surface area contributed by atoms with Gasteiger partial charge in [0.25, 0.3) is 0 Å². The van der Waals surface area contributed by atoms with Crippen molar-refractivity contribution in [2.45, 2.75) is 39.0 Å². The lowest BCUT2D eigenvalue weighted by Crippen LogP contribution is -1.98. The number of nitrogens with zero attached hydrogens (tertiary/aromatic N) is 1. The Kier molecular flexibility index (Phi) is 3.87. The molecule has 1 aliphatic rings. The SMILES string of the molecule is Cc1cccc(-c2ccc3ccc(CC4CCCC4)cc3n2)c1. The third-order valence-corrected chi connectivity index (χ3v) is 5.07. The molecule has 0 atom stereocenters. The van der Waals surface area contributed by atoms with Gasteiger partial charge in [0, 0.05) is 10.9 Å². The molecular weight excluding hydrogens is 278 g/mol. The van der Waals surface area contributed by atoms with Crippen molar-refractivity contribution in [3.05, 3.63) is 65.7 Å². The minimum absolute atomic E-state index is 0.882. The summed E-state index contributed by atoms with van der Waals surface area (Å²) in [7, 11) is 0. The van der Waals surface area contributed by atoms with E-state index in [1.54, 1.807) is 0 Å². The van der Waals surface area contributed by atoms with Crippen molar-refractivity contribution < 1.29 is 0 Å². The molecule has 0 unspecified atom stereocenters. The standard InChI is InChI=1S/C22H23N/c1-16-5-4-8-20(13-16)21-12-11-19-10-9-18(15-22(19)23-21)14-17-6-2-3-7-17/h4-5,8-13,15,17H,2-3,6-7,14H2,1H3. The van der Waals surface area contributed by atoms with Crippen molar-refractivity contribution in [1.82, 2.24) is 4.98 Å². The average molecular weight is 301 g/mol. The van der Waals surface area contributed by atoms with Gasteiger partial charge in [-0.3, -0.25) is 0 Å². The van der Waals surface area contributed by atoms with Crippen LogP contribution in [0.3, 0.4) is 0 Å². The molecule has 4 rings (SSSR count). The minimum Gasteiger partial charge on any atom is -0.248 e. The number of aromatic nitrogens is 1. The van der Waals surface area contributed by atoms with E-state index >= 15 is 0 Å². The van der Waals surface area contributed by atoms with Crippen LogP contribution in [0.1, 0.15) is 36.8 Å². The molecule has 1 saturated carbocycles. The number of fused-ring (bicyclic) bond motifs is 1. The second-order valence-electron chi connectivity index (χ2n) is 6.95. The number of hydrogen-bond acceptors (Lipinski definition) is 1. The topological polar surface area (TPSA) is 12.9 Å². The molecule has 0 N–H and O–H groups in total. The number of pyridine rings is 1. The van der Waals surface area contributed by atoms with Gasteiger partial charge in [-0.1, -0.05) is 67.6 Å². The molecule has 23 heavy (non-hydrogen) atoms. The Morgan fingerprint density at radius 3 is 2.61 bits per heavy atom. The maximum absolute atomic E-state index is 4.92. The van der Waals surface area contributed by atoms with Gasteiger partial charge >= 0.3 is 0 Å². The van der Waals surface area contributed by atoms with Crippen LogP contribution >= 0.6 is 0 Å². The molecule has 116 valence electrons. The van der Waals surface area contributed by atoms with Crippen LogP contribution in [0.15, 0.2) is 54.6 Å². The Morgan fingerprint density at radius 1 is 0.957 bits per heavy atom. The molecule has 0 bridgehead atoms. The highest BCUT2D eigenvalue weighted by atomic mass is 14.7. The van der Waals surface area contributed by atoms with Crippen LogP contribution in [0.2, 0.25) is 0 Å². The second kappa shape index (κ2) is 6.16. The second-order valence-corrected chi connectivity index (χ2v) is 6.95. The Hall–Kier alpha value is -2.15. The first-order chi connectivity index (χ1) is 11.3. The van der Waals surface area contributed by atoms with Crippen LogP contribution in [0, 0.1) is 12.8 Å². The van der Waals surface area contributed by atoms with E-state index in [1.165, 1.54) is 54.2 Å². The Morgan fingerprint density at radius 2 is 1.78 bits per heavy atom. The van der Waals surface area contributed by atoms with Gasteiger partial charge in [-0.15, -0.1) is 0 Å². The van der Waals surface area contributed by atoms with Crippen LogP contribution in [0.25, 0.3) is 22.2 Å². The van der Waals surface area contributed by atoms with Gasteiger partial charge in [0.15, 0.2) is 0 Å². The lowest BCUT2D eigenvalue weighted by Gasteiger charge is -2.10. The van der Waals surface area contributed by atoms with E-state index in [1.807, 2.05) is 0 Å². The molecule has 1 heteroatoms. The quantitative estimate of drug-likeness (QED) is 0.583. The Bertz CT molecular complexity index is 828. The first-order valence-corrected chi connectivity index (χ1v) is 8.75. The van der Waals surface area contributed by atoms with Crippen molar-refractivity contribution in [2.75, 3.05) is 0 Å². The Labute approximate surface area is 138 Å². The lowest BCUT2D eigenvalue weighted by molar-refractivity contribution is 0.547.